The number of benzene rings is 2. The summed E-state index contributed by atoms with van der Waals surface area (Å²) in [6, 6.07) is 11.9. The smallest absolute Gasteiger partial charge is 0.205 e. The number of fused-ring (bicyclic) bond motifs is 2. The van der Waals surface area contributed by atoms with E-state index in [2.05, 4.69) is 103 Å². The molecular weight excluding hydrogens is 702 g/mol. The van der Waals surface area contributed by atoms with Gasteiger partial charge in [-0.15, -0.1) is 30.6 Å². The number of hydrogen-bond acceptors (Lipinski definition) is 11. The van der Waals surface area contributed by atoms with Crippen molar-refractivity contribution in [2.24, 2.45) is 10.2 Å². The standard InChI is InChI=1S/C26H33N7.C13H13ClN6O/c1-5-8-10-23-22(25-29-30-26(33(25)31-23)24-18-27-13-14-28-24)17-20-11-12-21(16-19(20)4)32(7-3)15-9-6-2;1-7-12(13-18-15-8(2)20(13)19-7)17-16-10-6-9(14)4-5-11(10)21-3/h11-14,16-18H,5-10,15H2,1-4H3;4-6,19H,1-3H3. The summed E-state index contributed by atoms with van der Waals surface area (Å²) in [7, 11) is 1.57. The molecule has 0 spiro atoms. The number of aryl methyl sites for hydroxylation is 4. The molecule has 0 aliphatic carbocycles. The van der Waals surface area contributed by atoms with Crippen LogP contribution in [0, 0.1) is 20.8 Å². The van der Waals surface area contributed by atoms with Crippen molar-refractivity contribution in [3.63, 3.8) is 0 Å². The number of nitrogens with zero attached hydrogens (tertiary/aromatic N) is 12. The molecule has 280 valence electrons. The lowest BCUT2D eigenvalue weighted by Crippen LogP contribution is -2.23. The van der Waals surface area contributed by atoms with Crippen molar-refractivity contribution in [3.05, 3.63) is 93.6 Å². The minimum atomic E-state index is 0.556. The molecule has 0 aliphatic heterocycles. The largest absolute Gasteiger partial charge is 0.494 e. The molecule has 0 unspecified atom stereocenters. The van der Waals surface area contributed by atoms with Gasteiger partial charge in [0.15, 0.2) is 11.3 Å². The number of unbranched alkanes of at least 4 members (excludes halogenated alkanes) is 2. The summed E-state index contributed by atoms with van der Waals surface area (Å²) in [6.45, 7) is 14.7. The second-order valence-corrected chi connectivity index (χ2v) is 13.4. The maximum Gasteiger partial charge on any atom is 0.205 e. The van der Waals surface area contributed by atoms with Crippen LogP contribution in [0.1, 0.15) is 74.8 Å². The predicted molar refractivity (Wildman–Crippen MR) is 212 cm³/mol. The maximum atomic E-state index is 5.97. The number of methoxy groups -OCH3 is 1. The van der Waals surface area contributed by atoms with Crippen LogP contribution < -0.4 is 14.9 Å². The van der Waals surface area contributed by atoms with Crippen LogP contribution in [0.2, 0.25) is 5.02 Å². The Balaban J connectivity index is 0.000000203. The second kappa shape index (κ2) is 17.4. The molecule has 14 nitrogen and oxygen atoms in total. The van der Waals surface area contributed by atoms with Crippen molar-refractivity contribution in [3.8, 4) is 17.3 Å². The topological polar surface area (TPSA) is 152 Å². The van der Waals surface area contributed by atoms with E-state index in [0.717, 1.165) is 60.4 Å². The predicted octanol–water partition coefficient (Wildman–Crippen LogP) is 8.16. The molecule has 0 atom stereocenters. The van der Waals surface area contributed by atoms with Gasteiger partial charge in [0.05, 0.1) is 24.7 Å². The summed E-state index contributed by atoms with van der Waals surface area (Å²) in [5, 5.41) is 35.0. The van der Waals surface area contributed by atoms with E-state index in [-0.39, 0.29) is 0 Å². The van der Waals surface area contributed by atoms with Gasteiger partial charge in [0.25, 0.3) is 0 Å². The zero-order valence-corrected chi connectivity index (χ0v) is 32.6. The third-order valence-electron chi connectivity index (χ3n) is 9.12. The van der Waals surface area contributed by atoms with Gasteiger partial charge in [0.1, 0.15) is 23.0 Å². The summed E-state index contributed by atoms with van der Waals surface area (Å²) in [4.78, 5) is 11.0. The monoisotopic (exact) mass is 747 g/mol. The molecule has 5 heterocycles. The fourth-order valence-electron chi connectivity index (χ4n) is 6.09. The average molecular weight is 748 g/mol. The fraction of sp³-hybridized carbons (Fsp3) is 0.359. The van der Waals surface area contributed by atoms with Crippen LogP contribution in [0.15, 0.2) is 65.2 Å². The molecular formula is C39H46ClN13O. The summed E-state index contributed by atoms with van der Waals surface area (Å²) in [6.07, 6.45) is 12.7. The first-order valence-corrected chi connectivity index (χ1v) is 18.7. The Morgan fingerprint density at radius 3 is 2.46 bits per heavy atom. The van der Waals surface area contributed by atoms with Crippen molar-refractivity contribution in [2.75, 3.05) is 25.1 Å². The first-order valence-electron chi connectivity index (χ1n) is 18.3. The molecule has 0 radical (unpaired) electrons. The molecule has 0 aliphatic rings. The van der Waals surface area contributed by atoms with E-state index in [4.69, 9.17) is 21.4 Å². The molecule has 7 rings (SSSR count). The number of aromatic amines is 1. The van der Waals surface area contributed by atoms with E-state index >= 15 is 0 Å². The average Bonchev–Trinajstić information content (AvgIpc) is 3.93. The Morgan fingerprint density at radius 2 is 1.74 bits per heavy atom. The highest BCUT2D eigenvalue weighted by Gasteiger charge is 2.17. The summed E-state index contributed by atoms with van der Waals surface area (Å²) >= 11 is 5.97. The molecule has 5 aromatic heterocycles. The summed E-state index contributed by atoms with van der Waals surface area (Å²) in [5.74, 6) is 1.98. The summed E-state index contributed by atoms with van der Waals surface area (Å²) in [5.41, 5.74) is 8.88. The molecule has 0 amide bonds. The minimum Gasteiger partial charge on any atom is -0.494 e. The fourth-order valence-corrected chi connectivity index (χ4v) is 6.26. The van der Waals surface area contributed by atoms with E-state index in [1.165, 1.54) is 29.7 Å². The van der Waals surface area contributed by atoms with Crippen LogP contribution in [0.4, 0.5) is 17.1 Å². The Labute approximate surface area is 319 Å². The van der Waals surface area contributed by atoms with Gasteiger partial charge in [-0.3, -0.25) is 10.1 Å². The number of rotatable bonds is 13. The molecule has 0 saturated carbocycles. The SMILES string of the molecule is CCCCc1nn2c(-c3cnccn3)nnc2c1=Cc1ccc(N(CC)CCCC)cc1C.COc1ccc(Cl)cc1N=Nc1c(C)[nH]n2c(C)nnc12. The molecule has 7 aromatic rings. The van der Waals surface area contributed by atoms with Gasteiger partial charge < -0.3 is 9.64 Å². The van der Waals surface area contributed by atoms with E-state index in [1.807, 2.05) is 18.4 Å². The van der Waals surface area contributed by atoms with Gasteiger partial charge in [0.2, 0.25) is 11.5 Å². The van der Waals surface area contributed by atoms with Crippen molar-refractivity contribution in [1.82, 2.24) is 49.6 Å². The number of ether oxygens (including phenoxy) is 1. The zero-order chi connectivity index (χ0) is 38.2. The van der Waals surface area contributed by atoms with E-state index in [0.29, 0.717) is 39.3 Å². The van der Waals surface area contributed by atoms with Gasteiger partial charge in [-0.25, -0.2) is 9.50 Å². The van der Waals surface area contributed by atoms with Crippen LogP contribution in [-0.4, -0.2) is 69.8 Å². The lowest BCUT2D eigenvalue weighted by Gasteiger charge is -2.23. The first-order chi connectivity index (χ1) is 26.3. The number of hydrogen-bond donors (Lipinski definition) is 1. The normalized spacial score (nSPS) is 11.9. The molecule has 2 aromatic carbocycles. The molecule has 1 N–H and O–H groups in total. The van der Waals surface area contributed by atoms with Crippen LogP contribution >= 0.6 is 11.6 Å². The first kappa shape index (κ1) is 38.0. The van der Waals surface area contributed by atoms with Crippen LogP contribution in [0.3, 0.4) is 0 Å². The number of aromatic nitrogens is 10. The lowest BCUT2D eigenvalue weighted by atomic mass is 10.0. The molecule has 0 saturated heterocycles. The van der Waals surface area contributed by atoms with Gasteiger partial charge in [-0.1, -0.05) is 44.4 Å². The number of azo groups is 1. The molecule has 15 heteroatoms. The third-order valence-corrected chi connectivity index (χ3v) is 9.36. The highest BCUT2D eigenvalue weighted by atomic mass is 35.5. The molecule has 54 heavy (non-hydrogen) atoms. The van der Waals surface area contributed by atoms with Crippen molar-refractivity contribution in [2.45, 2.75) is 73.6 Å². The molecule has 0 fully saturated rings. The Morgan fingerprint density at radius 1 is 0.926 bits per heavy atom. The van der Waals surface area contributed by atoms with Crippen molar-refractivity contribution in [1.29, 1.82) is 0 Å². The van der Waals surface area contributed by atoms with E-state index in [1.54, 1.807) is 48.4 Å². The Hall–Kier alpha value is -5.76. The van der Waals surface area contributed by atoms with E-state index in [9.17, 15) is 0 Å². The number of H-pyrrole nitrogens is 1. The Kier molecular flexibility index (Phi) is 12.2. The van der Waals surface area contributed by atoms with Gasteiger partial charge >= 0.3 is 0 Å². The maximum absolute atomic E-state index is 5.97. The minimum absolute atomic E-state index is 0.556. The lowest BCUT2D eigenvalue weighted by molar-refractivity contribution is 0.416. The van der Waals surface area contributed by atoms with Crippen molar-refractivity contribution >= 4 is 46.0 Å². The third kappa shape index (κ3) is 8.23. The highest BCUT2D eigenvalue weighted by molar-refractivity contribution is 6.30. The van der Waals surface area contributed by atoms with Crippen LogP contribution in [-0.2, 0) is 6.42 Å². The second-order valence-electron chi connectivity index (χ2n) is 12.9. The van der Waals surface area contributed by atoms with E-state index < -0.39 is 0 Å². The van der Waals surface area contributed by atoms with Gasteiger partial charge in [0, 0.05) is 41.4 Å². The number of nitrogens with one attached hydrogen (secondary N) is 1. The van der Waals surface area contributed by atoms with Gasteiger partial charge in [-0.05, 0) is 94.5 Å². The van der Waals surface area contributed by atoms with Gasteiger partial charge in [-0.2, -0.15) is 9.61 Å². The zero-order valence-electron chi connectivity index (χ0n) is 31.9. The highest BCUT2D eigenvalue weighted by Crippen LogP contribution is 2.33. The van der Waals surface area contributed by atoms with Crippen molar-refractivity contribution < 1.29 is 4.74 Å². The summed E-state index contributed by atoms with van der Waals surface area (Å²) < 4.78 is 8.82. The van der Waals surface area contributed by atoms with Crippen LogP contribution in [0.5, 0.6) is 5.75 Å². The molecule has 0 bridgehead atoms. The van der Waals surface area contributed by atoms with Crippen LogP contribution in [0.25, 0.3) is 28.9 Å². The number of anilines is 1. The Bertz CT molecular complexity index is 2420. The number of halogens is 1. The quantitative estimate of drug-likeness (QED) is 0.115.